The van der Waals surface area contributed by atoms with Gasteiger partial charge in [0.25, 0.3) is 0 Å². The van der Waals surface area contributed by atoms with Gasteiger partial charge in [0.05, 0.1) is 12.5 Å². The molecule has 1 amide bonds. The van der Waals surface area contributed by atoms with Crippen LogP contribution in [-0.4, -0.2) is 37.1 Å². The average Bonchev–Trinajstić information content (AvgIpc) is 2.61. The minimum atomic E-state index is -2.89. The highest BCUT2D eigenvalue weighted by molar-refractivity contribution is 6.30. The van der Waals surface area contributed by atoms with Crippen molar-refractivity contribution in [2.45, 2.75) is 19.1 Å². The molecule has 2 aromatic rings. The van der Waals surface area contributed by atoms with E-state index in [0.29, 0.717) is 30.2 Å². The van der Waals surface area contributed by atoms with E-state index in [2.05, 4.69) is 10.1 Å². The summed E-state index contributed by atoms with van der Waals surface area (Å²) in [6.07, 6.45) is 0.123. The summed E-state index contributed by atoms with van der Waals surface area (Å²) in [5.41, 5.74) is 1.60. The monoisotopic (exact) mass is 416 g/mol. The van der Waals surface area contributed by atoms with Gasteiger partial charge in [-0.15, -0.1) is 12.4 Å². The lowest BCUT2D eigenvalue weighted by Crippen LogP contribution is -2.49. The molecule has 8 heteroatoms. The molecule has 1 N–H and O–H groups in total. The van der Waals surface area contributed by atoms with Crippen molar-refractivity contribution < 1.29 is 18.3 Å². The van der Waals surface area contributed by atoms with Crippen molar-refractivity contribution >= 4 is 29.9 Å². The van der Waals surface area contributed by atoms with Crippen molar-refractivity contribution in [3.05, 3.63) is 64.7 Å². The fraction of sp³-hybridized carbons (Fsp3) is 0.316. The summed E-state index contributed by atoms with van der Waals surface area (Å²) in [5, 5.41) is 3.91. The maximum atomic E-state index is 12.8. The van der Waals surface area contributed by atoms with E-state index in [1.807, 2.05) is 23.1 Å². The van der Waals surface area contributed by atoms with Crippen molar-refractivity contribution in [3.8, 4) is 5.75 Å². The number of hydrogen-bond acceptors (Lipinski definition) is 3. The maximum absolute atomic E-state index is 12.8. The van der Waals surface area contributed by atoms with Gasteiger partial charge in [-0.1, -0.05) is 35.9 Å². The molecule has 27 heavy (non-hydrogen) atoms. The smallest absolute Gasteiger partial charge is 0.387 e. The number of alkyl halides is 2. The zero-order valence-electron chi connectivity index (χ0n) is 14.4. The van der Waals surface area contributed by atoms with Crippen LogP contribution in [0.1, 0.15) is 17.2 Å². The molecule has 0 aromatic heterocycles. The van der Waals surface area contributed by atoms with Gasteiger partial charge in [-0.2, -0.15) is 8.78 Å². The lowest BCUT2D eigenvalue weighted by atomic mass is 10.0. The van der Waals surface area contributed by atoms with Crippen LogP contribution in [0.2, 0.25) is 5.02 Å². The van der Waals surface area contributed by atoms with E-state index in [4.69, 9.17) is 11.6 Å². The van der Waals surface area contributed by atoms with Gasteiger partial charge in [0.15, 0.2) is 0 Å². The average molecular weight is 417 g/mol. The molecule has 0 saturated carbocycles. The quantitative estimate of drug-likeness (QED) is 0.798. The Hall–Kier alpha value is -1.89. The first-order chi connectivity index (χ1) is 12.5. The number of carbonyl (C=O) groups excluding carboxylic acids is 1. The first kappa shape index (κ1) is 21.4. The molecule has 1 aliphatic heterocycles. The van der Waals surface area contributed by atoms with Gasteiger partial charge >= 0.3 is 6.61 Å². The molecule has 1 aliphatic rings. The van der Waals surface area contributed by atoms with E-state index in [1.165, 1.54) is 12.1 Å². The summed E-state index contributed by atoms with van der Waals surface area (Å²) in [6, 6.07) is 13.6. The van der Waals surface area contributed by atoms with Crippen LogP contribution < -0.4 is 10.1 Å². The number of rotatable bonds is 5. The lowest BCUT2D eigenvalue weighted by Gasteiger charge is -2.36. The Morgan fingerprint density at radius 1 is 1.26 bits per heavy atom. The molecule has 146 valence electrons. The van der Waals surface area contributed by atoms with E-state index in [0.717, 1.165) is 5.56 Å². The van der Waals surface area contributed by atoms with Crippen molar-refractivity contribution in [1.82, 2.24) is 10.2 Å². The van der Waals surface area contributed by atoms with Crippen LogP contribution in [0.4, 0.5) is 8.78 Å². The Labute approximate surface area is 167 Å². The van der Waals surface area contributed by atoms with Gasteiger partial charge in [0.1, 0.15) is 5.75 Å². The standard InChI is InChI=1S/C19H19ClF2N2O2.ClH/c20-15-5-2-4-14(11-15)17-12-23-7-8-24(17)18(25)10-13-3-1-6-16(9-13)26-19(21)22;/h1-6,9,11,17,19,23H,7-8,10,12H2;1H. The summed E-state index contributed by atoms with van der Waals surface area (Å²) >= 11 is 6.08. The Morgan fingerprint density at radius 3 is 2.78 bits per heavy atom. The van der Waals surface area contributed by atoms with Crippen LogP contribution in [0, 0.1) is 0 Å². The lowest BCUT2D eigenvalue weighted by molar-refractivity contribution is -0.133. The predicted octanol–water partition coefficient (Wildman–Crippen LogP) is 4.08. The number of amides is 1. The maximum Gasteiger partial charge on any atom is 0.387 e. The number of halogens is 4. The van der Waals surface area contributed by atoms with Gasteiger partial charge in [0, 0.05) is 24.7 Å². The minimum Gasteiger partial charge on any atom is -0.435 e. The molecule has 1 atom stereocenters. The summed E-state index contributed by atoms with van der Waals surface area (Å²) < 4.78 is 29.1. The highest BCUT2D eigenvalue weighted by Gasteiger charge is 2.28. The van der Waals surface area contributed by atoms with Gasteiger partial charge in [-0.25, -0.2) is 0 Å². The molecule has 1 fully saturated rings. The van der Waals surface area contributed by atoms with Crippen LogP contribution in [0.25, 0.3) is 0 Å². The summed E-state index contributed by atoms with van der Waals surface area (Å²) in [5.74, 6) is -0.0114. The second kappa shape index (κ2) is 9.88. The fourth-order valence-corrected chi connectivity index (χ4v) is 3.32. The molecule has 2 aromatic carbocycles. The number of benzene rings is 2. The van der Waals surface area contributed by atoms with Crippen LogP contribution in [-0.2, 0) is 11.2 Å². The third kappa shape index (κ3) is 5.79. The molecule has 0 spiro atoms. The van der Waals surface area contributed by atoms with Gasteiger partial charge in [-0.05, 0) is 35.4 Å². The molecule has 1 unspecified atom stereocenters. The van der Waals surface area contributed by atoms with E-state index in [1.54, 1.807) is 18.2 Å². The van der Waals surface area contributed by atoms with Gasteiger partial charge in [-0.3, -0.25) is 4.79 Å². The minimum absolute atomic E-state index is 0. The van der Waals surface area contributed by atoms with Crippen molar-refractivity contribution in [2.75, 3.05) is 19.6 Å². The molecular formula is C19H20Cl2F2N2O2. The SMILES string of the molecule is Cl.O=C(Cc1cccc(OC(F)F)c1)N1CCNCC1c1cccc(Cl)c1. The number of piperazine rings is 1. The number of nitrogens with zero attached hydrogens (tertiary/aromatic N) is 1. The second-order valence-corrected chi connectivity index (χ2v) is 6.50. The molecule has 0 radical (unpaired) electrons. The first-order valence-corrected chi connectivity index (χ1v) is 8.70. The molecule has 4 nitrogen and oxygen atoms in total. The summed E-state index contributed by atoms with van der Waals surface area (Å²) in [7, 11) is 0. The zero-order chi connectivity index (χ0) is 18.5. The van der Waals surface area contributed by atoms with E-state index in [9.17, 15) is 13.6 Å². The van der Waals surface area contributed by atoms with Crippen LogP contribution >= 0.6 is 24.0 Å². The van der Waals surface area contributed by atoms with Crippen molar-refractivity contribution in [3.63, 3.8) is 0 Å². The summed E-state index contributed by atoms with van der Waals surface area (Å²) in [6.45, 7) is -0.970. The van der Waals surface area contributed by atoms with Crippen molar-refractivity contribution in [2.24, 2.45) is 0 Å². The van der Waals surface area contributed by atoms with Gasteiger partial charge < -0.3 is 15.0 Å². The normalized spacial score (nSPS) is 16.7. The highest BCUT2D eigenvalue weighted by atomic mass is 35.5. The molecular weight excluding hydrogens is 397 g/mol. The molecule has 1 heterocycles. The Balaban J connectivity index is 0.00000261. The summed E-state index contributed by atoms with van der Waals surface area (Å²) in [4.78, 5) is 14.7. The third-order valence-electron chi connectivity index (χ3n) is 4.28. The first-order valence-electron chi connectivity index (χ1n) is 8.32. The largest absolute Gasteiger partial charge is 0.435 e. The number of ether oxygens (including phenoxy) is 1. The van der Waals surface area contributed by atoms with E-state index in [-0.39, 0.29) is 36.5 Å². The molecule has 3 rings (SSSR count). The number of carbonyl (C=O) groups is 1. The molecule has 0 bridgehead atoms. The second-order valence-electron chi connectivity index (χ2n) is 6.06. The number of hydrogen-bond donors (Lipinski definition) is 1. The van der Waals surface area contributed by atoms with Crippen molar-refractivity contribution in [1.29, 1.82) is 0 Å². The third-order valence-corrected chi connectivity index (χ3v) is 4.51. The van der Waals surface area contributed by atoms with Crippen LogP contribution in [0.5, 0.6) is 5.75 Å². The Morgan fingerprint density at radius 2 is 2.04 bits per heavy atom. The number of nitrogens with one attached hydrogen (secondary N) is 1. The van der Waals surface area contributed by atoms with Crippen LogP contribution in [0.3, 0.4) is 0 Å². The van der Waals surface area contributed by atoms with Gasteiger partial charge in [0.2, 0.25) is 5.91 Å². The molecule has 0 aliphatic carbocycles. The Bertz CT molecular complexity index is 777. The highest BCUT2D eigenvalue weighted by Crippen LogP contribution is 2.26. The Kier molecular flexibility index (Phi) is 7.83. The van der Waals surface area contributed by atoms with Crippen LogP contribution in [0.15, 0.2) is 48.5 Å². The zero-order valence-corrected chi connectivity index (χ0v) is 16.0. The fourth-order valence-electron chi connectivity index (χ4n) is 3.12. The van der Waals surface area contributed by atoms with E-state index < -0.39 is 6.61 Å². The predicted molar refractivity (Wildman–Crippen MR) is 103 cm³/mol. The van der Waals surface area contributed by atoms with E-state index >= 15 is 0 Å². The topological polar surface area (TPSA) is 41.6 Å². The molecule has 1 saturated heterocycles.